The van der Waals surface area contributed by atoms with Crippen molar-refractivity contribution < 1.29 is 9.53 Å². The average Bonchev–Trinajstić information content (AvgIpc) is 3.04. The van der Waals surface area contributed by atoms with Crippen molar-refractivity contribution in [3.8, 4) is 11.4 Å². The van der Waals surface area contributed by atoms with Crippen LogP contribution < -0.4 is 4.74 Å². The molecule has 29 heavy (non-hydrogen) atoms. The van der Waals surface area contributed by atoms with Gasteiger partial charge in [-0.3, -0.25) is 4.79 Å². The summed E-state index contributed by atoms with van der Waals surface area (Å²) >= 11 is 6.72. The van der Waals surface area contributed by atoms with E-state index in [2.05, 4.69) is 23.9 Å². The number of methoxy groups -OCH3 is 1. The highest BCUT2D eigenvalue weighted by molar-refractivity contribution is 6.38. The quantitative estimate of drug-likeness (QED) is 0.635. The van der Waals surface area contributed by atoms with Gasteiger partial charge in [0, 0.05) is 19.3 Å². The SMILES string of the molecule is COc1ccc(-n2nc(C)c3c(Cl)c(C(=O)N4C[C@@H](C)C[C@H](C)C4)cnc32)cc1. The molecule has 2 aromatic heterocycles. The third-order valence-corrected chi connectivity index (χ3v) is 5.90. The molecular weight excluding hydrogens is 388 g/mol. The number of pyridine rings is 1. The van der Waals surface area contributed by atoms with Crippen molar-refractivity contribution in [2.24, 2.45) is 11.8 Å². The molecule has 1 saturated heterocycles. The molecule has 2 atom stereocenters. The number of carbonyl (C=O) groups excluding carboxylic acids is 1. The number of carbonyl (C=O) groups is 1. The molecule has 0 bridgehead atoms. The summed E-state index contributed by atoms with van der Waals surface area (Å²) in [4.78, 5) is 19.6. The summed E-state index contributed by atoms with van der Waals surface area (Å²) in [6, 6.07) is 7.57. The number of hydrogen-bond acceptors (Lipinski definition) is 4. The van der Waals surface area contributed by atoms with Gasteiger partial charge < -0.3 is 9.64 Å². The molecule has 0 N–H and O–H groups in total. The zero-order valence-electron chi connectivity index (χ0n) is 17.1. The first-order chi connectivity index (χ1) is 13.9. The normalized spacial score (nSPS) is 19.6. The van der Waals surface area contributed by atoms with Crippen molar-refractivity contribution in [3.63, 3.8) is 0 Å². The molecule has 0 spiro atoms. The van der Waals surface area contributed by atoms with E-state index in [1.807, 2.05) is 36.1 Å². The van der Waals surface area contributed by atoms with Gasteiger partial charge in [-0.1, -0.05) is 25.4 Å². The van der Waals surface area contributed by atoms with Gasteiger partial charge in [-0.15, -0.1) is 0 Å². The lowest BCUT2D eigenvalue weighted by Gasteiger charge is -2.35. The van der Waals surface area contributed by atoms with E-state index in [9.17, 15) is 4.79 Å². The number of likely N-dealkylation sites (tertiary alicyclic amines) is 1. The van der Waals surface area contributed by atoms with Crippen LogP contribution in [0.25, 0.3) is 16.7 Å². The van der Waals surface area contributed by atoms with Crippen LogP contribution in [0.3, 0.4) is 0 Å². The van der Waals surface area contributed by atoms with Gasteiger partial charge in [0.25, 0.3) is 5.91 Å². The number of rotatable bonds is 3. The van der Waals surface area contributed by atoms with E-state index < -0.39 is 0 Å². The zero-order chi connectivity index (χ0) is 20.7. The first-order valence-electron chi connectivity index (χ1n) is 9.86. The maximum atomic E-state index is 13.2. The minimum absolute atomic E-state index is 0.0561. The molecule has 7 heteroatoms. The van der Waals surface area contributed by atoms with Crippen LogP contribution in [0.2, 0.25) is 5.02 Å². The van der Waals surface area contributed by atoms with Gasteiger partial charge in [0.1, 0.15) is 5.75 Å². The third-order valence-electron chi connectivity index (χ3n) is 5.51. The zero-order valence-corrected chi connectivity index (χ0v) is 17.9. The lowest BCUT2D eigenvalue weighted by molar-refractivity contribution is 0.0623. The van der Waals surface area contributed by atoms with Crippen molar-refractivity contribution in [3.05, 3.63) is 46.7 Å². The van der Waals surface area contributed by atoms with E-state index in [1.165, 1.54) is 0 Å². The van der Waals surface area contributed by atoms with Gasteiger partial charge in [-0.05, 0) is 49.4 Å². The summed E-state index contributed by atoms with van der Waals surface area (Å²) in [5.41, 5.74) is 2.67. The second kappa shape index (κ2) is 7.67. The smallest absolute Gasteiger partial charge is 0.256 e. The number of fused-ring (bicyclic) bond motifs is 1. The molecule has 152 valence electrons. The molecule has 6 nitrogen and oxygen atoms in total. The number of aromatic nitrogens is 3. The van der Waals surface area contributed by atoms with Crippen LogP contribution in [0.15, 0.2) is 30.5 Å². The Balaban J connectivity index is 1.74. The maximum Gasteiger partial charge on any atom is 0.256 e. The number of hydrogen-bond donors (Lipinski definition) is 0. The van der Waals surface area contributed by atoms with E-state index in [0.717, 1.165) is 36.6 Å². The lowest BCUT2D eigenvalue weighted by atomic mass is 9.91. The van der Waals surface area contributed by atoms with Gasteiger partial charge in [0.05, 0.1) is 34.5 Å². The Morgan fingerprint density at radius 3 is 2.45 bits per heavy atom. The van der Waals surface area contributed by atoms with Crippen molar-refractivity contribution in [1.82, 2.24) is 19.7 Å². The monoisotopic (exact) mass is 412 g/mol. The van der Waals surface area contributed by atoms with E-state index >= 15 is 0 Å². The molecule has 1 aliphatic rings. The third kappa shape index (κ3) is 3.57. The molecule has 4 rings (SSSR count). The van der Waals surface area contributed by atoms with Gasteiger partial charge in [0.15, 0.2) is 5.65 Å². The Morgan fingerprint density at radius 1 is 1.17 bits per heavy atom. The molecule has 3 aromatic rings. The molecule has 1 aromatic carbocycles. The molecule has 0 radical (unpaired) electrons. The lowest BCUT2D eigenvalue weighted by Crippen LogP contribution is -2.42. The number of ether oxygens (including phenoxy) is 1. The van der Waals surface area contributed by atoms with Crippen LogP contribution >= 0.6 is 11.6 Å². The van der Waals surface area contributed by atoms with Crippen molar-refractivity contribution in [1.29, 1.82) is 0 Å². The fourth-order valence-electron chi connectivity index (χ4n) is 4.26. The molecule has 0 saturated carbocycles. The predicted octanol–water partition coefficient (Wildman–Crippen LogP) is 4.51. The van der Waals surface area contributed by atoms with E-state index in [0.29, 0.717) is 33.5 Å². The topological polar surface area (TPSA) is 60.3 Å². The number of aryl methyl sites for hydroxylation is 1. The molecule has 0 aliphatic carbocycles. The fourth-order valence-corrected chi connectivity index (χ4v) is 4.61. The fraction of sp³-hybridized carbons (Fsp3) is 0.409. The molecule has 1 aliphatic heterocycles. The number of halogens is 1. The molecular formula is C22H25ClN4O2. The average molecular weight is 413 g/mol. The number of benzene rings is 1. The maximum absolute atomic E-state index is 13.2. The van der Waals surface area contributed by atoms with Gasteiger partial charge >= 0.3 is 0 Å². The Kier molecular flexibility index (Phi) is 5.21. The van der Waals surface area contributed by atoms with Crippen LogP contribution in [0.4, 0.5) is 0 Å². The summed E-state index contributed by atoms with van der Waals surface area (Å²) in [5.74, 6) is 1.68. The number of nitrogens with zero attached hydrogens (tertiary/aromatic N) is 4. The molecule has 0 unspecified atom stereocenters. The van der Waals surface area contributed by atoms with Crippen LogP contribution in [0.5, 0.6) is 5.75 Å². The van der Waals surface area contributed by atoms with Crippen LogP contribution in [0, 0.1) is 18.8 Å². The highest BCUT2D eigenvalue weighted by Gasteiger charge is 2.29. The van der Waals surface area contributed by atoms with E-state index in [4.69, 9.17) is 16.3 Å². The minimum Gasteiger partial charge on any atom is -0.497 e. The predicted molar refractivity (Wildman–Crippen MR) is 114 cm³/mol. The second-order valence-corrected chi connectivity index (χ2v) is 8.41. The summed E-state index contributed by atoms with van der Waals surface area (Å²) in [6.07, 6.45) is 2.72. The molecule has 1 fully saturated rings. The van der Waals surface area contributed by atoms with Crippen molar-refractivity contribution in [2.45, 2.75) is 27.2 Å². The summed E-state index contributed by atoms with van der Waals surface area (Å²) in [7, 11) is 1.63. The second-order valence-electron chi connectivity index (χ2n) is 8.04. The Bertz CT molecular complexity index is 1050. The van der Waals surface area contributed by atoms with E-state index in [1.54, 1.807) is 18.0 Å². The first kappa shape index (κ1) is 19.7. The van der Waals surface area contributed by atoms with Crippen LogP contribution in [-0.2, 0) is 0 Å². The molecule has 3 heterocycles. The Morgan fingerprint density at radius 2 is 1.83 bits per heavy atom. The Labute approximate surface area is 175 Å². The van der Waals surface area contributed by atoms with Crippen molar-refractivity contribution >= 4 is 28.5 Å². The van der Waals surface area contributed by atoms with Crippen LogP contribution in [-0.4, -0.2) is 45.8 Å². The summed E-state index contributed by atoms with van der Waals surface area (Å²) in [5, 5.41) is 5.75. The molecule has 1 amide bonds. The number of piperidine rings is 1. The Hall–Kier alpha value is -2.60. The summed E-state index contributed by atoms with van der Waals surface area (Å²) < 4.78 is 6.97. The van der Waals surface area contributed by atoms with Crippen LogP contribution in [0.1, 0.15) is 36.3 Å². The first-order valence-corrected chi connectivity index (χ1v) is 10.2. The summed E-state index contributed by atoms with van der Waals surface area (Å²) in [6.45, 7) is 7.75. The highest BCUT2D eigenvalue weighted by Crippen LogP contribution is 2.32. The van der Waals surface area contributed by atoms with Gasteiger partial charge in [-0.25, -0.2) is 9.67 Å². The number of amides is 1. The van der Waals surface area contributed by atoms with Crippen molar-refractivity contribution in [2.75, 3.05) is 20.2 Å². The minimum atomic E-state index is -0.0561. The highest BCUT2D eigenvalue weighted by atomic mass is 35.5. The largest absolute Gasteiger partial charge is 0.497 e. The van der Waals surface area contributed by atoms with Gasteiger partial charge in [0.2, 0.25) is 0 Å². The van der Waals surface area contributed by atoms with Gasteiger partial charge in [-0.2, -0.15) is 5.10 Å². The van der Waals surface area contributed by atoms with E-state index in [-0.39, 0.29) is 5.91 Å². The standard InChI is InChI=1S/C22H25ClN4O2/c1-13-9-14(2)12-26(11-13)22(28)18-10-24-21-19(20(18)23)15(3)25-27(21)16-5-7-17(29-4)8-6-16/h5-8,10,13-14H,9,11-12H2,1-4H3/t13-,14-/m0/s1.